The highest BCUT2D eigenvalue weighted by atomic mass is 35.5. The quantitative estimate of drug-likeness (QED) is 0.563. The Morgan fingerprint density at radius 2 is 1.66 bits per heavy atom. The fraction of sp³-hybridized carbons (Fsp3) is 0.261. The minimum atomic E-state index is -0.0922. The average molecular weight is 428 g/mol. The summed E-state index contributed by atoms with van der Waals surface area (Å²) < 4.78 is 2.04. The van der Waals surface area contributed by atoms with Gasteiger partial charge in [-0.25, -0.2) is 5.01 Å². The first-order valence-corrected chi connectivity index (χ1v) is 10.6. The molecule has 0 spiro atoms. The summed E-state index contributed by atoms with van der Waals surface area (Å²) in [5, 5.41) is 3.31. The molecule has 29 heavy (non-hydrogen) atoms. The van der Waals surface area contributed by atoms with Gasteiger partial charge in [-0.2, -0.15) is 0 Å². The molecule has 1 saturated heterocycles. The summed E-state index contributed by atoms with van der Waals surface area (Å²) >= 11 is 12.6. The van der Waals surface area contributed by atoms with E-state index in [2.05, 4.69) is 5.43 Å². The van der Waals surface area contributed by atoms with Gasteiger partial charge < -0.3 is 4.57 Å². The number of nitrogens with zero attached hydrogens (tertiary/aromatic N) is 2. The lowest BCUT2D eigenvalue weighted by molar-refractivity contribution is 0.0749. The Balaban J connectivity index is 1.79. The molecule has 1 fully saturated rings. The highest BCUT2D eigenvalue weighted by Gasteiger charge is 2.22. The number of para-hydroxylation sites is 1. The molecule has 3 aromatic rings. The van der Waals surface area contributed by atoms with Crippen LogP contribution in [0.5, 0.6) is 0 Å². The van der Waals surface area contributed by atoms with E-state index >= 15 is 0 Å². The summed E-state index contributed by atoms with van der Waals surface area (Å²) in [6, 6.07) is 17.2. The van der Waals surface area contributed by atoms with Crippen LogP contribution in [0, 0.1) is 6.92 Å². The maximum absolute atomic E-state index is 13.1. The number of aromatic nitrogens is 1. The van der Waals surface area contributed by atoms with Crippen molar-refractivity contribution in [2.75, 3.05) is 13.1 Å². The zero-order valence-corrected chi connectivity index (χ0v) is 17.8. The highest BCUT2D eigenvalue weighted by Crippen LogP contribution is 2.33. The number of hydrazine groups is 1. The molecule has 2 heterocycles. The van der Waals surface area contributed by atoms with Crippen molar-refractivity contribution in [3.05, 3.63) is 75.9 Å². The van der Waals surface area contributed by atoms with Gasteiger partial charge in [0.25, 0.3) is 5.91 Å². The number of carbonyl (C=O) groups excluding carboxylic acids is 1. The highest BCUT2D eigenvalue weighted by molar-refractivity contribution is 6.32. The SMILES string of the molecule is Cc1c(C(=O)NN2CCCCC2)cc(-c2ccc(Cl)cc2)n1-c1ccccc1Cl. The van der Waals surface area contributed by atoms with Gasteiger partial charge in [0, 0.05) is 23.8 Å². The first-order chi connectivity index (χ1) is 14.0. The Hall–Kier alpha value is -2.27. The zero-order chi connectivity index (χ0) is 20.4. The lowest BCUT2D eigenvalue weighted by Gasteiger charge is -2.26. The molecule has 1 aliphatic rings. The van der Waals surface area contributed by atoms with E-state index in [1.54, 1.807) is 0 Å². The molecular formula is C23H23Cl2N3O. The largest absolute Gasteiger partial charge is 0.312 e. The van der Waals surface area contributed by atoms with Gasteiger partial charge in [0.2, 0.25) is 0 Å². The van der Waals surface area contributed by atoms with Crippen LogP contribution in [0.1, 0.15) is 35.3 Å². The van der Waals surface area contributed by atoms with E-state index < -0.39 is 0 Å². The maximum Gasteiger partial charge on any atom is 0.267 e. The van der Waals surface area contributed by atoms with Gasteiger partial charge in [0.1, 0.15) is 0 Å². The Kier molecular flexibility index (Phi) is 5.95. The predicted octanol–water partition coefficient (Wildman–Crippen LogP) is 5.89. The Labute approximate surface area is 181 Å². The average Bonchev–Trinajstić information content (AvgIpc) is 3.07. The maximum atomic E-state index is 13.1. The number of carbonyl (C=O) groups is 1. The van der Waals surface area contributed by atoms with E-state index in [0.29, 0.717) is 15.6 Å². The van der Waals surface area contributed by atoms with Gasteiger partial charge in [0.05, 0.1) is 22.0 Å². The minimum absolute atomic E-state index is 0.0922. The summed E-state index contributed by atoms with van der Waals surface area (Å²) in [6.45, 7) is 3.73. The van der Waals surface area contributed by atoms with E-state index in [4.69, 9.17) is 23.2 Å². The Morgan fingerprint density at radius 3 is 2.34 bits per heavy atom. The van der Waals surface area contributed by atoms with Gasteiger partial charge in [-0.1, -0.05) is 53.9 Å². The monoisotopic (exact) mass is 427 g/mol. The second-order valence-electron chi connectivity index (χ2n) is 7.31. The fourth-order valence-electron chi connectivity index (χ4n) is 3.82. The molecule has 1 aliphatic heterocycles. The van der Waals surface area contributed by atoms with Crippen LogP contribution in [-0.4, -0.2) is 28.6 Å². The van der Waals surface area contributed by atoms with E-state index in [1.807, 2.05) is 71.1 Å². The molecule has 0 bridgehead atoms. The standard InChI is InChI=1S/C23H23Cl2N3O/c1-16-19(23(29)26-27-13-5-2-6-14-27)15-22(17-9-11-18(24)12-10-17)28(16)21-8-4-3-7-20(21)25/h3-4,7-12,15H,2,5-6,13-14H2,1H3,(H,26,29). The van der Waals surface area contributed by atoms with E-state index in [9.17, 15) is 4.79 Å². The molecule has 6 heteroatoms. The van der Waals surface area contributed by atoms with Crippen molar-refractivity contribution >= 4 is 29.1 Å². The van der Waals surface area contributed by atoms with Gasteiger partial charge in [0.15, 0.2) is 0 Å². The number of amides is 1. The van der Waals surface area contributed by atoms with Crippen LogP contribution >= 0.6 is 23.2 Å². The molecule has 1 N–H and O–H groups in total. The van der Waals surface area contributed by atoms with Crippen molar-refractivity contribution in [3.63, 3.8) is 0 Å². The number of nitrogens with one attached hydrogen (secondary N) is 1. The fourth-order valence-corrected chi connectivity index (χ4v) is 4.17. The number of piperidine rings is 1. The molecule has 1 aromatic heterocycles. The summed E-state index contributed by atoms with van der Waals surface area (Å²) in [6.07, 6.45) is 3.43. The molecule has 0 atom stereocenters. The molecule has 2 aromatic carbocycles. The molecule has 0 radical (unpaired) electrons. The van der Waals surface area contributed by atoms with E-state index in [1.165, 1.54) is 6.42 Å². The molecule has 150 valence electrons. The van der Waals surface area contributed by atoms with Crippen LogP contribution in [-0.2, 0) is 0 Å². The number of rotatable bonds is 4. The lowest BCUT2D eigenvalue weighted by Crippen LogP contribution is -2.45. The summed E-state index contributed by atoms with van der Waals surface area (Å²) in [4.78, 5) is 13.1. The number of hydrogen-bond donors (Lipinski definition) is 1. The smallest absolute Gasteiger partial charge is 0.267 e. The second-order valence-corrected chi connectivity index (χ2v) is 8.15. The molecule has 1 amide bonds. The van der Waals surface area contributed by atoms with Crippen molar-refractivity contribution in [2.24, 2.45) is 0 Å². The van der Waals surface area contributed by atoms with Gasteiger partial charge in [-0.15, -0.1) is 0 Å². The predicted molar refractivity (Wildman–Crippen MR) is 119 cm³/mol. The van der Waals surface area contributed by atoms with Crippen molar-refractivity contribution in [1.82, 2.24) is 15.0 Å². The second kappa shape index (κ2) is 8.62. The third kappa shape index (κ3) is 4.20. The first kappa shape index (κ1) is 20.0. The molecular weight excluding hydrogens is 405 g/mol. The number of hydrogen-bond acceptors (Lipinski definition) is 2. The van der Waals surface area contributed by atoms with Crippen molar-refractivity contribution in [1.29, 1.82) is 0 Å². The summed E-state index contributed by atoms with van der Waals surface area (Å²) in [5.74, 6) is -0.0922. The lowest BCUT2D eigenvalue weighted by atomic mass is 10.1. The normalized spacial score (nSPS) is 14.7. The molecule has 0 unspecified atom stereocenters. The topological polar surface area (TPSA) is 37.3 Å². The van der Waals surface area contributed by atoms with Crippen LogP contribution in [0.15, 0.2) is 54.6 Å². The summed E-state index contributed by atoms with van der Waals surface area (Å²) in [5.41, 5.74) is 7.26. The first-order valence-electron chi connectivity index (χ1n) is 9.84. The molecule has 0 saturated carbocycles. The van der Waals surface area contributed by atoms with Gasteiger partial charge in [-0.05, 0) is 55.7 Å². The zero-order valence-electron chi connectivity index (χ0n) is 16.3. The van der Waals surface area contributed by atoms with Crippen LogP contribution in [0.3, 0.4) is 0 Å². The van der Waals surface area contributed by atoms with E-state index in [-0.39, 0.29) is 5.91 Å². The number of benzene rings is 2. The van der Waals surface area contributed by atoms with Crippen molar-refractivity contribution < 1.29 is 4.79 Å². The molecule has 0 aliphatic carbocycles. The number of halogens is 2. The van der Waals surface area contributed by atoms with Crippen molar-refractivity contribution in [2.45, 2.75) is 26.2 Å². The molecule has 4 rings (SSSR count). The van der Waals surface area contributed by atoms with Crippen molar-refractivity contribution in [3.8, 4) is 16.9 Å². The van der Waals surface area contributed by atoms with Gasteiger partial charge in [-0.3, -0.25) is 10.2 Å². The minimum Gasteiger partial charge on any atom is -0.312 e. The van der Waals surface area contributed by atoms with Crippen LogP contribution in [0.4, 0.5) is 0 Å². The van der Waals surface area contributed by atoms with Crippen LogP contribution in [0.2, 0.25) is 10.0 Å². The van der Waals surface area contributed by atoms with E-state index in [0.717, 1.165) is 48.6 Å². The Bertz CT molecular complexity index is 1020. The van der Waals surface area contributed by atoms with Crippen LogP contribution in [0.25, 0.3) is 16.9 Å². The third-order valence-electron chi connectivity index (χ3n) is 5.34. The Morgan fingerprint density at radius 1 is 0.966 bits per heavy atom. The summed E-state index contributed by atoms with van der Waals surface area (Å²) in [7, 11) is 0. The third-order valence-corrected chi connectivity index (χ3v) is 5.91. The van der Waals surface area contributed by atoms with Crippen LogP contribution < -0.4 is 5.43 Å². The molecule has 4 nitrogen and oxygen atoms in total. The van der Waals surface area contributed by atoms with Gasteiger partial charge >= 0.3 is 0 Å².